The third kappa shape index (κ3) is 2.89. The minimum Gasteiger partial charge on any atom is -0.458 e. The first-order chi connectivity index (χ1) is 10.2. The molecule has 0 saturated heterocycles. The van der Waals surface area contributed by atoms with E-state index < -0.39 is 0 Å². The van der Waals surface area contributed by atoms with E-state index in [4.69, 9.17) is 4.42 Å². The van der Waals surface area contributed by atoms with E-state index >= 15 is 0 Å². The summed E-state index contributed by atoms with van der Waals surface area (Å²) in [7, 11) is 1.93. The van der Waals surface area contributed by atoms with Gasteiger partial charge in [0.15, 0.2) is 0 Å². The topological polar surface area (TPSA) is 43.0 Å². The Morgan fingerprint density at radius 1 is 1.38 bits per heavy atom. The zero-order valence-corrected chi connectivity index (χ0v) is 13.7. The minimum absolute atomic E-state index is 0.0227. The fourth-order valence-corrected chi connectivity index (χ4v) is 2.88. The SMILES string of the molecule is CCCNC(c1ccn(C)n1)c1cc2cccc(Br)c2o1. The number of aryl methyl sites for hydroxylation is 1. The molecular weight excluding hydrogens is 330 g/mol. The standard InChI is InChI=1S/C16H18BrN3O/c1-3-8-18-15(13-7-9-20(2)19-13)14-10-11-5-4-6-12(17)16(11)21-14/h4-7,9-10,15,18H,3,8H2,1-2H3. The van der Waals surface area contributed by atoms with E-state index in [1.54, 1.807) is 0 Å². The summed E-state index contributed by atoms with van der Waals surface area (Å²) in [5, 5.41) is 9.12. The maximum Gasteiger partial charge on any atom is 0.148 e. The zero-order chi connectivity index (χ0) is 14.8. The molecule has 1 unspecified atom stereocenters. The Balaban J connectivity index is 2.03. The van der Waals surface area contributed by atoms with Gasteiger partial charge in [0.05, 0.1) is 10.2 Å². The van der Waals surface area contributed by atoms with Crippen LogP contribution >= 0.6 is 15.9 Å². The summed E-state index contributed by atoms with van der Waals surface area (Å²) >= 11 is 3.54. The van der Waals surface area contributed by atoms with Gasteiger partial charge < -0.3 is 9.73 Å². The van der Waals surface area contributed by atoms with Crippen LogP contribution in [-0.2, 0) is 7.05 Å². The molecule has 4 nitrogen and oxygen atoms in total. The molecule has 0 aliphatic heterocycles. The Bertz CT molecular complexity index is 747. The molecule has 3 aromatic rings. The highest BCUT2D eigenvalue weighted by molar-refractivity contribution is 9.10. The molecule has 1 atom stereocenters. The van der Waals surface area contributed by atoms with Gasteiger partial charge in [0, 0.05) is 18.6 Å². The largest absolute Gasteiger partial charge is 0.458 e. The van der Waals surface area contributed by atoms with E-state index in [1.807, 2.05) is 36.1 Å². The molecule has 2 aromatic heterocycles. The average molecular weight is 348 g/mol. The number of hydrogen-bond acceptors (Lipinski definition) is 3. The van der Waals surface area contributed by atoms with Crippen molar-refractivity contribution in [1.29, 1.82) is 0 Å². The van der Waals surface area contributed by atoms with Crippen molar-refractivity contribution in [3.8, 4) is 0 Å². The van der Waals surface area contributed by atoms with Gasteiger partial charge in [0.2, 0.25) is 0 Å². The third-order valence-corrected chi connectivity index (χ3v) is 4.05. The molecule has 0 bridgehead atoms. The van der Waals surface area contributed by atoms with Crippen LogP contribution in [0.15, 0.2) is 45.4 Å². The maximum absolute atomic E-state index is 6.06. The molecule has 110 valence electrons. The summed E-state index contributed by atoms with van der Waals surface area (Å²) in [5.74, 6) is 0.893. The number of para-hydroxylation sites is 1. The van der Waals surface area contributed by atoms with Gasteiger partial charge in [-0.1, -0.05) is 19.1 Å². The van der Waals surface area contributed by atoms with Gasteiger partial charge in [-0.3, -0.25) is 4.68 Å². The molecule has 21 heavy (non-hydrogen) atoms. The molecule has 0 aliphatic rings. The quantitative estimate of drug-likeness (QED) is 0.757. The fraction of sp³-hybridized carbons (Fsp3) is 0.312. The molecule has 1 aromatic carbocycles. The Morgan fingerprint density at radius 2 is 2.24 bits per heavy atom. The molecule has 0 fully saturated rings. The van der Waals surface area contributed by atoms with Crippen molar-refractivity contribution in [2.45, 2.75) is 19.4 Å². The fourth-order valence-electron chi connectivity index (χ4n) is 2.42. The molecular formula is C16H18BrN3O. The highest BCUT2D eigenvalue weighted by Crippen LogP contribution is 2.31. The van der Waals surface area contributed by atoms with Crippen LogP contribution in [0.2, 0.25) is 0 Å². The molecule has 0 radical (unpaired) electrons. The second-order valence-corrected chi connectivity index (χ2v) is 5.96. The third-order valence-electron chi connectivity index (χ3n) is 3.43. The van der Waals surface area contributed by atoms with Gasteiger partial charge in [-0.05, 0) is 47.1 Å². The molecule has 1 N–H and O–H groups in total. The van der Waals surface area contributed by atoms with Gasteiger partial charge in [-0.25, -0.2) is 0 Å². The molecule has 0 amide bonds. The number of hydrogen-bond donors (Lipinski definition) is 1. The lowest BCUT2D eigenvalue weighted by Crippen LogP contribution is -2.23. The van der Waals surface area contributed by atoms with Gasteiger partial charge >= 0.3 is 0 Å². The summed E-state index contributed by atoms with van der Waals surface area (Å²) in [6.45, 7) is 3.07. The predicted molar refractivity (Wildman–Crippen MR) is 87.3 cm³/mol. The predicted octanol–water partition coefficient (Wildman–Crippen LogP) is 4.02. The number of furan rings is 1. The van der Waals surface area contributed by atoms with Crippen molar-refractivity contribution in [1.82, 2.24) is 15.1 Å². The highest BCUT2D eigenvalue weighted by atomic mass is 79.9. The Morgan fingerprint density at radius 3 is 2.90 bits per heavy atom. The van der Waals surface area contributed by atoms with Gasteiger partial charge in [0.25, 0.3) is 0 Å². The second-order valence-electron chi connectivity index (χ2n) is 5.11. The van der Waals surface area contributed by atoms with Crippen molar-refractivity contribution < 1.29 is 4.42 Å². The van der Waals surface area contributed by atoms with Crippen molar-refractivity contribution in [2.75, 3.05) is 6.54 Å². The molecule has 0 saturated carbocycles. The van der Waals surface area contributed by atoms with E-state index in [0.29, 0.717) is 0 Å². The number of aromatic nitrogens is 2. The molecule has 3 rings (SSSR count). The number of nitrogens with one attached hydrogen (secondary N) is 1. The number of rotatable bonds is 5. The highest BCUT2D eigenvalue weighted by Gasteiger charge is 2.20. The van der Waals surface area contributed by atoms with E-state index in [0.717, 1.165) is 39.9 Å². The Hall–Kier alpha value is -1.59. The van der Waals surface area contributed by atoms with Gasteiger partial charge in [0.1, 0.15) is 17.4 Å². The van der Waals surface area contributed by atoms with Crippen LogP contribution in [0.4, 0.5) is 0 Å². The van der Waals surface area contributed by atoms with Gasteiger partial charge in [-0.2, -0.15) is 5.10 Å². The molecule has 0 aliphatic carbocycles. The van der Waals surface area contributed by atoms with Gasteiger partial charge in [-0.15, -0.1) is 0 Å². The lowest BCUT2D eigenvalue weighted by molar-refractivity contribution is 0.460. The minimum atomic E-state index is -0.0227. The molecule has 5 heteroatoms. The van der Waals surface area contributed by atoms with Crippen molar-refractivity contribution in [3.63, 3.8) is 0 Å². The summed E-state index contributed by atoms with van der Waals surface area (Å²) in [6.07, 6.45) is 3.02. The summed E-state index contributed by atoms with van der Waals surface area (Å²) in [6, 6.07) is 10.1. The number of nitrogens with zero attached hydrogens (tertiary/aromatic N) is 2. The molecule has 2 heterocycles. The maximum atomic E-state index is 6.06. The zero-order valence-electron chi connectivity index (χ0n) is 12.1. The summed E-state index contributed by atoms with van der Waals surface area (Å²) in [4.78, 5) is 0. The van der Waals surface area contributed by atoms with Crippen LogP contribution in [-0.4, -0.2) is 16.3 Å². The van der Waals surface area contributed by atoms with Crippen LogP contribution in [0.3, 0.4) is 0 Å². The lowest BCUT2D eigenvalue weighted by Gasteiger charge is -2.13. The second kappa shape index (κ2) is 6.03. The lowest BCUT2D eigenvalue weighted by atomic mass is 10.1. The van der Waals surface area contributed by atoms with Crippen LogP contribution in [0, 0.1) is 0 Å². The van der Waals surface area contributed by atoms with Crippen molar-refractivity contribution in [3.05, 3.63) is 52.5 Å². The smallest absolute Gasteiger partial charge is 0.148 e. The number of halogens is 1. The van der Waals surface area contributed by atoms with Crippen molar-refractivity contribution >= 4 is 26.9 Å². The van der Waals surface area contributed by atoms with Crippen LogP contribution in [0.25, 0.3) is 11.0 Å². The average Bonchev–Trinajstić information content (AvgIpc) is 3.07. The van der Waals surface area contributed by atoms with E-state index in [-0.39, 0.29) is 6.04 Å². The Kier molecular flexibility index (Phi) is 4.12. The van der Waals surface area contributed by atoms with E-state index in [1.165, 1.54) is 0 Å². The van der Waals surface area contributed by atoms with Crippen molar-refractivity contribution in [2.24, 2.45) is 7.05 Å². The Labute approximate surface area is 132 Å². The number of benzene rings is 1. The monoisotopic (exact) mass is 347 g/mol. The van der Waals surface area contributed by atoms with E-state index in [9.17, 15) is 0 Å². The summed E-state index contributed by atoms with van der Waals surface area (Å²) in [5.41, 5.74) is 1.85. The number of fused-ring (bicyclic) bond motifs is 1. The van der Waals surface area contributed by atoms with Crippen LogP contribution in [0.1, 0.15) is 30.8 Å². The first-order valence-corrected chi connectivity index (χ1v) is 7.89. The van der Waals surface area contributed by atoms with Crippen LogP contribution < -0.4 is 5.32 Å². The first kappa shape index (κ1) is 14.4. The first-order valence-electron chi connectivity index (χ1n) is 7.10. The van der Waals surface area contributed by atoms with E-state index in [2.05, 4.69) is 45.4 Å². The normalized spacial score (nSPS) is 12.9. The van der Waals surface area contributed by atoms with Crippen LogP contribution in [0.5, 0.6) is 0 Å². The molecule has 0 spiro atoms. The summed E-state index contributed by atoms with van der Waals surface area (Å²) < 4.78 is 8.85.